The van der Waals surface area contributed by atoms with Gasteiger partial charge in [-0.3, -0.25) is 14.5 Å². The molecule has 0 radical (unpaired) electrons. The molecule has 1 saturated heterocycles. The average Bonchev–Trinajstić information content (AvgIpc) is 2.33. The van der Waals surface area contributed by atoms with Crippen LogP contribution in [0.4, 0.5) is 0 Å². The van der Waals surface area contributed by atoms with Crippen molar-refractivity contribution in [3.63, 3.8) is 0 Å². The van der Waals surface area contributed by atoms with Gasteiger partial charge in [0.05, 0.1) is 6.61 Å². The minimum atomic E-state index is -1.24. The summed E-state index contributed by atoms with van der Waals surface area (Å²) >= 11 is 1.33. The molecule has 2 aliphatic heterocycles. The highest BCUT2D eigenvalue weighted by atomic mass is 32.2. The van der Waals surface area contributed by atoms with E-state index >= 15 is 0 Å². The minimum Gasteiger partial charge on any atom is -0.477 e. The molecule has 0 aromatic carbocycles. The standard InChI is InChI=1S/C10H12N2O5S/c1-4(14)11-6-8(15)12-7(10(16)17)5(2-13)3-18-9(6)12/h6,9,13H,2-3H2,1H3,(H,11,14)(H,16,17). The summed E-state index contributed by atoms with van der Waals surface area (Å²) in [5.74, 6) is -1.69. The minimum absolute atomic E-state index is 0.159. The van der Waals surface area contributed by atoms with E-state index in [1.165, 1.54) is 18.7 Å². The lowest BCUT2D eigenvalue weighted by atomic mass is 10.0. The summed E-state index contributed by atoms with van der Waals surface area (Å²) in [6.07, 6.45) is 0. The lowest BCUT2D eigenvalue weighted by Gasteiger charge is -2.49. The number of rotatable bonds is 3. The Morgan fingerprint density at radius 2 is 2.22 bits per heavy atom. The summed E-state index contributed by atoms with van der Waals surface area (Å²) in [5.41, 5.74) is 0.159. The molecular weight excluding hydrogens is 260 g/mol. The van der Waals surface area contributed by atoms with E-state index in [0.29, 0.717) is 11.3 Å². The molecule has 0 spiro atoms. The maximum absolute atomic E-state index is 11.8. The van der Waals surface area contributed by atoms with Crippen LogP contribution in [0, 0.1) is 0 Å². The number of carbonyl (C=O) groups is 3. The van der Waals surface area contributed by atoms with Gasteiger partial charge in [0.2, 0.25) is 5.91 Å². The Bertz CT molecular complexity index is 461. The summed E-state index contributed by atoms with van der Waals surface area (Å²) in [4.78, 5) is 35.0. The number of thioether (sulfide) groups is 1. The fraction of sp³-hybridized carbons (Fsp3) is 0.500. The highest BCUT2D eigenvalue weighted by Crippen LogP contribution is 2.40. The number of hydrogen-bond acceptors (Lipinski definition) is 5. The first-order valence-corrected chi connectivity index (χ1v) is 6.30. The Hall–Kier alpha value is -1.54. The van der Waals surface area contributed by atoms with Gasteiger partial charge in [-0.1, -0.05) is 0 Å². The van der Waals surface area contributed by atoms with Crippen LogP contribution in [0.25, 0.3) is 0 Å². The second kappa shape index (κ2) is 4.62. The zero-order valence-corrected chi connectivity index (χ0v) is 10.4. The highest BCUT2D eigenvalue weighted by molar-refractivity contribution is 8.00. The van der Waals surface area contributed by atoms with E-state index in [1.54, 1.807) is 0 Å². The fourth-order valence-corrected chi connectivity index (χ4v) is 3.36. The molecule has 7 nitrogen and oxygen atoms in total. The van der Waals surface area contributed by atoms with Gasteiger partial charge in [0, 0.05) is 12.7 Å². The molecular formula is C10H12N2O5S. The number of nitrogens with zero attached hydrogens (tertiary/aromatic N) is 1. The number of carboxylic acids is 1. The summed E-state index contributed by atoms with van der Waals surface area (Å²) in [6, 6.07) is -0.679. The molecule has 0 aromatic rings. The normalized spacial score (nSPS) is 26.6. The number of amides is 2. The zero-order chi connectivity index (χ0) is 13.4. The first kappa shape index (κ1) is 12.9. The van der Waals surface area contributed by atoms with Crippen LogP contribution in [-0.4, -0.2) is 56.7 Å². The molecule has 0 bridgehead atoms. The third-order valence-corrected chi connectivity index (χ3v) is 4.14. The molecule has 2 rings (SSSR count). The number of fused-ring (bicyclic) bond motifs is 1. The van der Waals surface area contributed by atoms with Gasteiger partial charge in [-0.2, -0.15) is 0 Å². The topological polar surface area (TPSA) is 107 Å². The Morgan fingerprint density at radius 1 is 1.56 bits per heavy atom. The van der Waals surface area contributed by atoms with Crippen molar-refractivity contribution in [2.24, 2.45) is 0 Å². The van der Waals surface area contributed by atoms with E-state index in [2.05, 4.69) is 5.32 Å². The van der Waals surface area contributed by atoms with Gasteiger partial charge >= 0.3 is 5.97 Å². The van der Waals surface area contributed by atoms with Crippen molar-refractivity contribution in [1.82, 2.24) is 10.2 Å². The summed E-state index contributed by atoms with van der Waals surface area (Å²) < 4.78 is 0. The Morgan fingerprint density at radius 3 is 2.72 bits per heavy atom. The Kier molecular flexibility index (Phi) is 3.31. The molecule has 2 heterocycles. The van der Waals surface area contributed by atoms with Crippen molar-refractivity contribution in [3.05, 3.63) is 11.3 Å². The SMILES string of the molecule is CC(=O)NC1C(=O)N2C(C(=O)O)=C(CO)CSC12. The smallest absolute Gasteiger partial charge is 0.352 e. The number of β-lactam (4-membered cyclic amide) rings is 1. The molecule has 2 amide bonds. The van der Waals surface area contributed by atoms with Gasteiger partial charge < -0.3 is 15.5 Å². The zero-order valence-electron chi connectivity index (χ0n) is 9.54. The van der Waals surface area contributed by atoms with E-state index < -0.39 is 29.9 Å². The van der Waals surface area contributed by atoms with Crippen molar-refractivity contribution < 1.29 is 24.6 Å². The highest BCUT2D eigenvalue weighted by Gasteiger charge is 2.53. The maximum atomic E-state index is 11.8. The lowest BCUT2D eigenvalue weighted by molar-refractivity contribution is -0.150. The molecule has 2 unspecified atom stereocenters. The van der Waals surface area contributed by atoms with Gasteiger partial charge in [-0.25, -0.2) is 4.79 Å². The van der Waals surface area contributed by atoms with Crippen LogP contribution < -0.4 is 5.32 Å². The second-order valence-corrected chi connectivity index (χ2v) is 5.11. The predicted octanol–water partition coefficient (Wildman–Crippen LogP) is -1.26. The number of aliphatic hydroxyl groups excluding tert-OH is 1. The molecule has 0 aliphatic carbocycles. The van der Waals surface area contributed by atoms with Crippen LogP contribution in [0.5, 0.6) is 0 Å². The van der Waals surface area contributed by atoms with Gasteiger partial charge in [0.15, 0.2) is 0 Å². The Labute approximate surface area is 107 Å². The third kappa shape index (κ3) is 1.87. The molecule has 2 aliphatic rings. The van der Waals surface area contributed by atoms with E-state index in [0.717, 1.165) is 4.90 Å². The third-order valence-electron chi connectivity index (χ3n) is 2.80. The van der Waals surface area contributed by atoms with Gasteiger partial charge in [0.1, 0.15) is 17.1 Å². The summed E-state index contributed by atoms with van der Waals surface area (Å²) in [7, 11) is 0. The number of nitrogens with one attached hydrogen (secondary N) is 1. The van der Waals surface area contributed by atoms with Crippen LogP contribution in [0.3, 0.4) is 0 Å². The van der Waals surface area contributed by atoms with E-state index in [-0.39, 0.29) is 11.6 Å². The van der Waals surface area contributed by atoms with Crippen LogP contribution in [0.2, 0.25) is 0 Å². The summed E-state index contributed by atoms with van der Waals surface area (Å²) in [5, 5.41) is 20.3. The number of aliphatic carboxylic acids is 1. The molecule has 0 saturated carbocycles. The molecule has 0 aromatic heterocycles. The van der Waals surface area contributed by atoms with Crippen molar-refractivity contribution in [3.8, 4) is 0 Å². The van der Waals surface area contributed by atoms with Crippen LogP contribution in [-0.2, 0) is 14.4 Å². The number of carboxylic acid groups (broad SMARTS) is 1. The van der Waals surface area contributed by atoms with E-state index in [9.17, 15) is 14.4 Å². The van der Waals surface area contributed by atoms with Crippen LogP contribution >= 0.6 is 11.8 Å². The molecule has 3 N–H and O–H groups in total. The number of hydrogen-bond donors (Lipinski definition) is 3. The quantitative estimate of drug-likeness (QED) is 0.553. The lowest BCUT2D eigenvalue weighted by Crippen LogP contribution is -2.70. The monoisotopic (exact) mass is 272 g/mol. The van der Waals surface area contributed by atoms with Gasteiger partial charge in [-0.05, 0) is 5.57 Å². The van der Waals surface area contributed by atoms with Crippen molar-refractivity contribution in [2.75, 3.05) is 12.4 Å². The van der Waals surface area contributed by atoms with Crippen molar-refractivity contribution in [1.29, 1.82) is 0 Å². The van der Waals surface area contributed by atoms with E-state index in [4.69, 9.17) is 10.2 Å². The molecule has 18 heavy (non-hydrogen) atoms. The Balaban J connectivity index is 2.26. The average molecular weight is 272 g/mol. The van der Waals surface area contributed by atoms with Crippen molar-refractivity contribution >= 4 is 29.5 Å². The largest absolute Gasteiger partial charge is 0.477 e. The van der Waals surface area contributed by atoms with Gasteiger partial charge in [-0.15, -0.1) is 11.8 Å². The first-order chi connectivity index (χ1) is 8.47. The molecule has 2 atom stereocenters. The predicted molar refractivity (Wildman–Crippen MR) is 62.4 cm³/mol. The second-order valence-electron chi connectivity index (χ2n) is 4.00. The van der Waals surface area contributed by atoms with Crippen molar-refractivity contribution in [2.45, 2.75) is 18.3 Å². The first-order valence-electron chi connectivity index (χ1n) is 5.25. The van der Waals surface area contributed by atoms with Crippen LogP contribution in [0.15, 0.2) is 11.3 Å². The molecule has 98 valence electrons. The van der Waals surface area contributed by atoms with E-state index in [1.807, 2.05) is 0 Å². The van der Waals surface area contributed by atoms with Gasteiger partial charge in [0.25, 0.3) is 5.91 Å². The maximum Gasteiger partial charge on any atom is 0.352 e. The summed E-state index contributed by atoms with van der Waals surface area (Å²) in [6.45, 7) is 0.909. The number of carbonyl (C=O) groups excluding carboxylic acids is 2. The fourth-order valence-electron chi connectivity index (χ4n) is 2.02. The molecule has 8 heteroatoms. The molecule has 1 fully saturated rings. The number of aliphatic hydroxyl groups is 1. The van der Waals surface area contributed by atoms with Crippen LogP contribution in [0.1, 0.15) is 6.92 Å².